The van der Waals surface area contributed by atoms with Crippen LogP contribution in [-0.4, -0.2) is 29.3 Å². The molecule has 0 aliphatic carbocycles. The van der Waals surface area contributed by atoms with Gasteiger partial charge in [-0.15, -0.1) is 0 Å². The molecule has 0 rings (SSSR count). The molecule has 0 amide bonds. The van der Waals surface area contributed by atoms with Crippen LogP contribution in [0.2, 0.25) is 0 Å². The van der Waals surface area contributed by atoms with Gasteiger partial charge in [-0.3, -0.25) is 29.3 Å². The fourth-order valence-corrected chi connectivity index (χ4v) is 0. The van der Waals surface area contributed by atoms with Gasteiger partial charge in [0.05, 0.1) is 0 Å². The van der Waals surface area contributed by atoms with E-state index in [1.165, 1.54) is 0 Å². The summed E-state index contributed by atoms with van der Waals surface area (Å²) in [5, 5.41) is 101. The van der Waals surface area contributed by atoms with Crippen molar-refractivity contribution in [3.05, 3.63) is 0 Å². The molecule has 0 spiro atoms. The molecule has 0 aromatic heterocycles. The molecule has 0 aliphatic heterocycles. The maximum atomic E-state index is 8.55. The topological polar surface area (TPSA) is 449 Å². The second-order valence-corrected chi connectivity index (χ2v) is 3.84. The Morgan fingerprint density at radius 1 is 0.344 bits per heavy atom. The second kappa shape index (κ2) is 51.8. The van der Waals surface area contributed by atoms with E-state index >= 15 is 0 Å². The van der Waals surface area contributed by atoms with Crippen LogP contribution in [0.1, 0.15) is 0 Å². The molecule has 32 heavy (non-hydrogen) atoms. The van der Waals surface area contributed by atoms with Crippen LogP contribution in [0, 0.1) is 0 Å². The van der Waals surface area contributed by atoms with E-state index in [1.807, 2.05) is 0 Å². The van der Waals surface area contributed by atoms with Crippen LogP contribution in [0.15, 0.2) is 0 Å². The molecule has 0 saturated heterocycles. The zero-order valence-electron chi connectivity index (χ0n) is 14.0. The molecule has 0 aromatic carbocycles. The summed E-state index contributed by atoms with van der Waals surface area (Å²) in [4.78, 5) is 51.3. The van der Waals surface area contributed by atoms with Crippen LogP contribution in [0.4, 0.5) is 0 Å². The first-order chi connectivity index (χ1) is 10.9. The van der Waals surface area contributed by atoms with Crippen LogP contribution in [0.3, 0.4) is 0 Å². The standard InChI is InChI=1S/4BO3.3Mn.2H3O4P.3Zr/c4*2-1(3)4;;;;2*1-5(2,3)4;;;/h;;;;;;;2*(H3,1,2,3,4);;;/q4*-3;3*+2;;;3*+4/p-6. The Morgan fingerprint density at radius 3 is 0.344 bits per heavy atom. The first-order valence-electron chi connectivity index (χ1n) is 4.29. The summed E-state index contributed by atoms with van der Waals surface area (Å²) < 4.78 is 17.1. The smallest absolute Gasteiger partial charge is 0.907 e. The van der Waals surface area contributed by atoms with Crippen LogP contribution >= 0.6 is 15.6 Å². The van der Waals surface area contributed by atoms with Crippen molar-refractivity contribution in [2.24, 2.45) is 0 Å². The number of hydrogen-bond acceptors (Lipinski definition) is 20. The summed E-state index contributed by atoms with van der Waals surface area (Å²) in [5.41, 5.74) is 0. The second-order valence-electron chi connectivity index (χ2n) is 2.05. The van der Waals surface area contributed by atoms with Crippen molar-refractivity contribution in [1.29, 1.82) is 0 Å². The van der Waals surface area contributed by atoms with Gasteiger partial charge in [0, 0.05) is 0 Å². The van der Waals surface area contributed by atoms with E-state index in [0.29, 0.717) is 0 Å². The van der Waals surface area contributed by atoms with Gasteiger partial charge in [0.2, 0.25) is 0 Å². The van der Waals surface area contributed by atoms with Gasteiger partial charge in [-0.05, 0) is 0 Å². The third-order valence-electron chi connectivity index (χ3n) is 0. The molecule has 0 heterocycles. The molecular formula is B4Mn3O20P2Zr3. The summed E-state index contributed by atoms with van der Waals surface area (Å²) in [6.07, 6.45) is 0. The fraction of sp³-hybridized carbons (Fsp3) is 0. The Balaban J connectivity index is -0.0000000145. The normalized spacial score (nSPS) is 7.06. The van der Waals surface area contributed by atoms with Gasteiger partial charge in [-0.2, -0.15) is 15.6 Å². The molecule has 175 valence electrons. The molecule has 0 atom stereocenters. The van der Waals surface area contributed by atoms with E-state index in [2.05, 4.69) is 0 Å². The van der Waals surface area contributed by atoms with Gasteiger partial charge in [0.1, 0.15) is 0 Å². The number of rotatable bonds is 0. The Labute approximate surface area is 270 Å². The van der Waals surface area contributed by atoms with Gasteiger partial charge in [0.15, 0.2) is 0 Å². The molecular weight excluding hydrogens is 864 g/mol. The maximum Gasteiger partial charge on any atom is 4.00 e. The Morgan fingerprint density at radius 2 is 0.344 bits per heavy atom. The van der Waals surface area contributed by atoms with Gasteiger partial charge in [0.25, 0.3) is 0 Å². The minimum absolute atomic E-state index is 0. The Bertz CT molecular complexity index is 271. The average molecular weight is 864 g/mol. The Kier molecular flexibility index (Phi) is 124. The summed E-state index contributed by atoms with van der Waals surface area (Å²) in [6, 6.07) is 0. The minimum atomic E-state index is -5.39. The first kappa shape index (κ1) is 76.6. The number of phosphoric acid groups is 2. The SMILES string of the molecule is O=P([O-])([O-])[O-].O=P([O-])([O-])[O-].[Mn+2].[Mn+2].[Mn+2].[O-]B([O-])[O-].[O-]B([O-])[O-].[O-]B([O-])[O-].[O-]B([O-])[O-].[Zr+4].[Zr+4].[Zr+4]. The number of hydrogen-bond donors (Lipinski definition) is 0. The van der Waals surface area contributed by atoms with Crippen molar-refractivity contribution in [3.8, 4) is 0 Å². The third kappa shape index (κ3) is 2130. The zero-order chi connectivity index (χ0) is 23.3. The molecule has 0 fully saturated rings. The average Bonchev–Trinajstić information content (AvgIpc) is 2.03. The van der Waals surface area contributed by atoms with Crippen LogP contribution in [-0.2, 0) is 139 Å². The summed E-state index contributed by atoms with van der Waals surface area (Å²) in [7, 11) is -22.4. The molecule has 0 aliphatic rings. The molecule has 0 N–H and O–H groups in total. The summed E-state index contributed by atoms with van der Waals surface area (Å²) in [5.74, 6) is 0. The third-order valence-corrected chi connectivity index (χ3v) is 0. The van der Waals surface area contributed by atoms with Crippen LogP contribution in [0.5, 0.6) is 0 Å². The van der Waals surface area contributed by atoms with E-state index < -0.39 is 44.9 Å². The molecule has 20 nitrogen and oxygen atoms in total. The fourth-order valence-electron chi connectivity index (χ4n) is 0. The van der Waals surface area contributed by atoms with E-state index in [4.69, 9.17) is 98.8 Å². The molecule has 32 heteroatoms. The van der Waals surface area contributed by atoms with Crippen molar-refractivity contribution >= 4 is 44.9 Å². The van der Waals surface area contributed by atoms with Crippen LogP contribution < -0.4 is 89.6 Å². The van der Waals surface area contributed by atoms with Gasteiger partial charge < -0.3 is 98.8 Å². The monoisotopic (exact) mass is 860 g/mol. The molecule has 0 saturated carbocycles. The largest absolute Gasteiger partial charge is 4.00 e. The first-order valence-corrected chi connectivity index (χ1v) is 7.21. The summed E-state index contributed by atoms with van der Waals surface area (Å²) in [6.45, 7) is 0. The minimum Gasteiger partial charge on any atom is -0.907 e. The van der Waals surface area contributed by atoms with Crippen molar-refractivity contribution in [2.45, 2.75) is 0 Å². The van der Waals surface area contributed by atoms with Crippen LogP contribution in [0.25, 0.3) is 0 Å². The zero-order valence-corrected chi connectivity index (χ0v) is 26.7. The Hall–Kier alpha value is 4.21. The van der Waals surface area contributed by atoms with Crippen molar-refractivity contribution in [3.63, 3.8) is 0 Å². The van der Waals surface area contributed by atoms with Gasteiger partial charge in [-0.25, -0.2) is 0 Å². The molecule has 0 aromatic rings. The van der Waals surface area contributed by atoms with E-state index in [-0.39, 0.29) is 130 Å². The van der Waals surface area contributed by atoms with Crippen molar-refractivity contribution in [1.82, 2.24) is 0 Å². The summed E-state index contributed by atoms with van der Waals surface area (Å²) >= 11 is 0. The van der Waals surface area contributed by atoms with Crippen molar-refractivity contribution < 1.29 is 229 Å². The van der Waals surface area contributed by atoms with E-state index in [0.717, 1.165) is 0 Å². The van der Waals surface area contributed by atoms with E-state index in [1.54, 1.807) is 0 Å². The predicted molar refractivity (Wildman–Crippen MR) is 38.2 cm³/mol. The van der Waals surface area contributed by atoms with Gasteiger partial charge in [-0.1, -0.05) is 0 Å². The maximum absolute atomic E-state index is 8.55. The molecule has 0 unspecified atom stereocenters. The van der Waals surface area contributed by atoms with Crippen molar-refractivity contribution in [2.75, 3.05) is 0 Å². The predicted octanol–water partition coefficient (Wildman–Crippen LogP) is -21.5. The molecule has 0 bridgehead atoms. The quantitative estimate of drug-likeness (QED) is 0.161. The molecule has 3 radical (unpaired) electrons. The van der Waals surface area contributed by atoms with E-state index in [9.17, 15) is 0 Å². The van der Waals surface area contributed by atoms with Gasteiger partial charge >= 0.3 is 130 Å².